The van der Waals surface area contributed by atoms with Crippen molar-refractivity contribution in [2.45, 2.75) is 13.0 Å². The number of carbonyl (C=O) groups excluding carboxylic acids is 2. The number of hydrogen-bond acceptors (Lipinski definition) is 5. The summed E-state index contributed by atoms with van der Waals surface area (Å²) in [5.74, 6) is -0.167. The third-order valence-electron chi connectivity index (χ3n) is 5.69. The Hall–Kier alpha value is -3.88. The van der Waals surface area contributed by atoms with Gasteiger partial charge in [-0.25, -0.2) is 0 Å². The molecule has 1 fully saturated rings. The number of non-ortho nitro benzene ring substituents is 1. The van der Waals surface area contributed by atoms with E-state index in [0.717, 1.165) is 18.6 Å². The van der Waals surface area contributed by atoms with Crippen LogP contribution in [0.2, 0.25) is 0 Å². The van der Waals surface area contributed by atoms with E-state index in [1.165, 1.54) is 17.8 Å². The lowest BCUT2D eigenvalue weighted by Crippen LogP contribution is -2.49. The summed E-state index contributed by atoms with van der Waals surface area (Å²) in [4.78, 5) is 39.4. The fourth-order valence-corrected chi connectivity index (χ4v) is 3.97. The minimum atomic E-state index is -0.442. The summed E-state index contributed by atoms with van der Waals surface area (Å²) in [6.07, 6.45) is 1.99. The standard InChI is InChI=1S/C23H25N5O4/c29-22(17-27-11-9-18-16-20(28(31)32)6-7-21(18)27)24-10-8-23(30)26-14-12-25(13-15-26)19-4-2-1-3-5-19/h1-7,9,11,16H,8,10,12-15,17H2,(H,24,29). The monoisotopic (exact) mass is 435 g/mol. The largest absolute Gasteiger partial charge is 0.368 e. The zero-order valence-corrected chi connectivity index (χ0v) is 17.6. The van der Waals surface area contributed by atoms with Gasteiger partial charge in [-0.1, -0.05) is 18.2 Å². The molecule has 1 aromatic heterocycles. The van der Waals surface area contributed by atoms with Crippen LogP contribution in [-0.2, 0) is 16.1 Å². The van der Waals surface area contributed by atoms with Crippen LogP contribution in [0.25, 0.3) is 10.9 Å². The van der Waals surface area contributed by atoms with Crippen molar-refractivity contribution in [1.82, 2.24) is 14.8 Å². The average molecular weight is 435 g/mol. The number of anilines is 1. The van der Waals surface area contributed by atoms with E-state index in [2.05, 4.69) is 22.3 Å². The molecular formula is C23H25N5O4. The molecule has 166 valence electrons. The maximum atomic E-state index is 12.5. The second-order valence-electron chi connectivity index (χ2n) is 7.75. The van der Waals surface area contributed by atoms with Gasteiger partial charge in [0.1, 0.15) is 6.54 Å². The normalized spacial score (nSPS) is 13.9. The van der Waals surface area contributed by atoms with Crippen molar-refractivity contribution in [3.63, 3.8) is 0 Å². The molecular weight excluding hydrogens is 410 g/mol. The summed E-state index contributed by atoms with van der Waals surface area (Å²) in [6, 6.07) is 16.4. The molecule has 1 saturated heterocycles. The number of aromatic nitrogens is 1. The maximum absolute atomic E-state index is 12.5. The highest BCUT2D eigenvalue weighted by atomic mass is 16.6. The number of fused-ring (bicyclic) bond motifs is 1. The van der Waals surface area contributed by atoms with Crippen molar-refractivity contribution in [3.05, 3.63) is 70.9 Å². The number of rotatable bonds is 7. The molecule has 0 bridgehead atoms. The molecule has 32 heavy (non-hydrogen) atoms. The van der Waals surface area contributed by atoms with Crippen molar-refractivity contribution >= 4 is 34.1 Å². The summed E-state index contributed by atoms with van der Waals surface area (Å²) >= 11 is 0. The lowest BCUT2D eigenvalue weighted by molar-refractivity contribution is -0.384. The Kier molecular flexibility index (Phi) is 6.34. The van der Waals surface area contributed by atoms with Crippen molar-refractivity contribution < 1.29 is 14.5 Å². The summed E-state index contributed by atoms with van der Waals surface area (Å²) in [5, 5.41) is 14.4. The minimum absolute atomic E-state index is 0.0165. The second-order valence-corrected chi connectivity index (χ2v) is 7.75. The highest BCUT2D eigenvalue weighted by Crippen LogP contribution is 2.22. The minimum Gasteiger partial charge on any atom is -0.368 e. The SMILES string of the molecule is O=C(Cn1ccc2cc([N+](=O)[O-])ccc21)NCCC(=O)N1CCN(c2ccccc2)CC1. The Bertz CT molecular complexity index is 1120. The van der Waals surface area contributed by atoms with Gasteiger partial charge in [-0.15, -0.1) is 0 Å². The van der Waals surface area contributed by atoms with Gasteiger partial charge in [0.2, 0.25) is 11.8 Å². The Morgan fingerprint density at radius 1 is 1.00 bits per heavy atom. The molecule has 2 heterocycles. The summed E-state index contributed by atoms with van der Waals surface area (Å²) < 4.78 is 1.74. The van der Waals surface area contributed by atoms with Crippen molar-refractivity contribution in [3.8, 4) is 0 Å². The predicted molar refractivity (Wildman–Crippen MR) is 121 cm³/mol. The van der Waals surface area contributed by atoms with Gasteiger partial charge in [-0.05, 0) is 24.3 Å². The summed E-state index contributed by atoms with van der Waals surface area (Å²) in [7, 11) is 0. The number of para-hydroxylation sites is 1. The zero-order chi connectivity index (χ0) is 22.5. The Morgan fingerprint density at radius 3 is 2.47 bits per heavy atom. The summed E-state index contributed by atoms with van der Waals surface area (Å²) in [5.41, 5.74) is 1.93. The molecule has 0 aliphatic carbocycles. The number of amides is 2. The smallest absolute Gasteiger partial charge is 0.270 e. The number of benzene rings is 2. The topological polar surface area (TPSA) is 101 Å². The van der Waals surface area contributed by atoms with Crippen molar-refractivity contribution in [1.29, 1.82) is 0 Å². The van der Waals surface area contributed by atoms with Gasteiger partial charge in [-0.3, -0.25) is 19.7 Å². The molecule has 2 aromatic carbocycles. The number of piperazine rings is 1. The Balaban J connectivity index is 1.22. The van der Waals surface area contributed by atoms with Gasteiger partial charge < -0.3 is 19.7 Å². The number of nitrogens with one attached hydrogen (secondary N) is 1. The van der Waals surface area contributed by atoms with Crippen LogP contribution in [0, 0.1) is 10.1 Å². The molecule has 1 N–H and O–H groups in total. The van der Waals surface area contributed by atoms with E-state index in [4.69, 9.17) is 0 Å². The number of nitro benzene ring substituents is 1. The van der Waals surface area contributed by atoms with Gasteiger partial charge in [0.15, 0.2) is 0 Å². The van der Waals surface area contributed by atoms with Crippen LogP contribution >= 0.6 is 0 Å². The van der Waals surface area contributed by atoms with Crippen LogP contribution in [0.15, 0.2) is 60.8 Å². The number of nitrogens with zero attached hydrogens (tertiary/aromatic N) is 4. The first-order valence-electron chi connectivity index (χ1n) is 10.6. The second kappa shape index (κ2) is 9.51. The van der Waals surface area contributed by atoms with Crippen molar-refractivity contribution in [2.24, 2.45) is 0 Å². The fourth-order valence-electron chi connectivity index (χ4n) is 3.97. The number of carbonyl (C=O) groups is 2. The van der Waals surface area contributed by atoms with E-state index in [0.29, 0.717) is 18.5 Å². The number of hydrogen-bond donors (Lipinski definition) is 1. The predicted octanol–water partition coefficient (Wildman–Crippen LogP) is 2.40. The first kappa shape index (κ1) is 21.4. The molecule has 4 rings (SSSR count). The molecule has 0 atom stereocenters. The van der Waals surface area contributed by atoms with Crippen molar-refractivity contribution in [2.75, 3.05) is 37.6 Å². The molecule has 0 unspecified atom stereocenters. The van der Waals surface area contributed by atoms with Crippen LogP contribution < -0.4 is 10.2 Å². The average Bonchev–Trinajstić information content (AvgIpc) is 3.21. The van der Waals surface area contributed by atoms with Gasteiger partial charge in [0.25, 0.3) is 5.69 Å². The molecule has 1 aliphatic heterocycles. The highest BCUT2D eigenvalue weighted by molar-refractivity contribution is 5.85. The van der Waals surface area contributed by atoms with E-state index >= 15 is 0 Å². The molecule has 3 aromatic rings. The molecule has 9 heteroatoms. The van der Waals surface area contributed by atoms with E-state index in [1.54, 1.807) is 22.9 Å². The molecule has 1 aliphatic rings. The lowest BCUT2D eigenvalue weighted by atomic mass is 10.2. The third kappa shape index (κ3) is 4.88. The molecule has 0 spiro atoms. The quantitative estimate of drug-likeness (QED) is 0.454. The van der Waals surface area contributed by atoms with E-state index < -0.39 is 4.92 Å². The highest BCUT2D eigenvalue weighted by Gasteiger charge is 2.21. The van der Waals surface area contributed by atoms with Crippen LogP contribution in [0.3, 0.4) is 0 Å². The van der Waals surface area contributed by atoms with E-state index in [1.807, 2.05) is 23.1 Å². The van der Waals surface area contributed by atoms with Gasteiger partial charge in [0, 0.05) is 74.1 Å². The van der Waals surface area contributed by atoms with Gasteiger partial charge in [0.05, 0.1) is 4.92 Å². The van der Waals surface area contributed by atoms with Crippen LogP contribution in [0.4, 0.5) is 11.4 Å². The summed E-state index contributed by atoms with van der Waals surface area (Å²) in [6.45, 7) is 3.29. The van der Waals surface area contributed by atoms with E-state index in [-0.39, 0.29) is 37.0 Å². The molecule has 0 saturated carbocycles. The molecule has 9 nitrogen and oxygen atoms in total. The maximum Gasteiger partial charge on any atom is 0.270 e. The van der Waals surface area contributed by atoms with Crippen LogP contribution in [0.5, 0.6) is 0 Å². The van der Waals surface area contributed by atoms with Crippen LogP contribution in [-0.4, -0.2) is 58.9 Å². The third-order valence-corrected chi connectivity index (χ3v) is 5.69. The molecule has 0 radical (unpaired) electrons. The Morgan fingerprint density at radius 2 is 1.75 bits per heavy atom. The Labute approximate surface area is 185 Å². The lowest BCUT2D eigenvalue weighted by Gasteiger charge is -2.36. The molecule has 2 amide bonds. The van der Waals surface area contributed by atoms with Gasteiger partial charge in [-0.2, -0.15) is 0 Å². The number of nitro groups is 1. The zero-order valence-electron chi connectivity index (χ0n) is 17.6. The van der Waals surface area contributed by atoms with Crippen LogP contribution in [0.1, 0.15) is 6.42 Å². The first-order valence-corrected chi connectivity index (χ1v) is 10.6. The first-order chi connectivity index (χ1) is 15.5. The van der Waals surface area contributed by atoms with E-state index in [9.17, 15) is 19.7 Å². The fraction of sp³-hybridized carbons (Fsp3) is 0.304. The van der Waals surface area contributed by atoms with Gasteiger partial charge >= 0.3 is 0 Å².